The summed E-state index contributed by atoms with van der Waals surface area (Å²) in [5.74, 6) is 0.117. The van der Waals surface area contributed by atoms with Gasteiger partial charge < -0.3 is 4.57 Å². The first-order valence-corrected chi connectivity index (χ1v) is 4.82. The number of benzene rings is 1. The molecule has 0 saturated carbocycles. The monoisotopic (exact) mass is 236 g/mol. The van der Waals surface area contributed by atoms with Crippen LogP contribution in [0.25, 0.3) is 0 Å². The van der Waals surface area contributed by atoms with Crippen LogP contribution in [0.4, 0.5) is 0 Å². The molecule has 0 amide bonds. The predicted octanol–water partition coefficient (Wildman–Crippen LogP) is 2.50. The molecule has 84 valence electrons. The lowest BCUT2D eigenvalue weighted by Gasteiger charge is -2.04. The van der Waals surface area contributed by atoms with E-state index in [-0.39, 0.29) is 18.2 Å². The summed E-state index contributed by atoms with van der Waals surface area (Å²) in [6.45, 7) is 2.30. The van der Waals surface area contributed by atoms with Crippen molar-refractivity contribution in [2.75, 3.05) is 0 Å². The molecule has 0 fully saturated rings. The Morgan fingerprint density at radius 1 is 1.38 bits per heavy atom. The molecule has 0 bridgehead atoms. The largest absolute Gasteiger partial charge is 0.330 e. The summed E-state index contributed by atoms with van der Waals surface area (Å²) < 4.78 is 1.77. The molecule has 0 N–H and O–H groups in total. The minimum atomic E-state index is 0. The van der Waals surface area contributed by atoms with Crippen LogP contribution in [0.2, 0.25) is 0 Å². The number of carbonyl (C=O) groups excluding carboxylic acids is 1. The highest BCUT2D eigenvalue weighted by atomic mass is 35.5. The van der Waals surface area contributed by atoms with Crippen molar-refractivity contribution in [1.82, 2.24) is 9.55 Å². The molecule has 0 atom stereocenters. The minimum absolute atomic E-state index is 0. The highest BCUT2D eigenvalue weighted by molar-refractivity contribution is 5.97. The topological polar surface area (TPSA) is 34.9 Å². The van der Waals surface area contributed by atoms with Crippen molar-refractivity contribution in [2.45, 2.75) is 13.5 Å². The van der Waals surface area contributed by atoms with Crippen molar-refractivity contribution in [2.24, 2.45) is 0 Å². The molecule has 0 aliphatic carbocycles. The molecular weight excluding hydrogens is 224 g/mol. The number of hydrogen-bond donors (Lipinski definition) is 0. The molecule has 2 rings (SSSR count). The average molecular weight is 237 g/mol. The van der Waals surface area contributed by atoms with E-state index < -0.39 is 0 Å². The molecule has 0 aliphatic heterocycles. The number of imidazole rings is 1. The summed E-state index contributed by atoms with van der Waals surface area (Å²) in [5, 5.41) is 0. The lowest BCUT2D eigenvalue weighted by molar-refractivity contribution is 0.0971. The number of aromatic nitrogens is 2. The minimum Gasteiger partial charge on any atom is -0.330 e. The smallest absolute Gasteiger partial charge is 0.182 e. The third kappa shape index (κ3) is 2.70. The summed E-state index contributed by atoms with van der Waals surface area (Å²) in [7, 11) is 0. The first kappa shape index (κ1) is 12.5. The fourth-order valence-corrected chi connectivity index (χ4v) is 1.52. The molecule has 4 heteroatoms. The van der Waals surface area contributed by atoms with Crippen molar-refractivity contribution in [3.8, 4) is 0 Å². The van der Waals surface area contributed by atoms with Crippen LogP contribution in [-0.2, 0) is 6.54 Å². The van der Waals surface area contributed by atoms with Gasteiger partial charge in [0.1, 0.15) is 0 Å². The van der Waals surface area contributed by atoms with Crippen LogP contribution in [0.1, 0.15) is 15.9 Å². The maximum absolute atomic E-state index is 11.9. The van der Waals surface area contributed by atoms with E-state index in [1.54, 1.807) is 23.3 Å². The number of nitrogens with zero attached hydrogens (tertiary/aromatic N) is 2. The Morgan fingerprint density at radius 2 is 2.12 bits per heavy atom. The summed E-state index contributed by atoms with van der Waals surface area (Å²) in [6.07, 6.45) is 5.11. The van der Waals surface area contributed by atoms with Crippen molar-refractivity contribution >= 4 is 18.2 Å². The van der Waals surface area contributed by atoms with Crippen LogP contribution in [0.15, 0.2) is 43.0 Å². The highest BCUT2D eigenvalue weighted by Crippen LogP contribution is 2.08. The van der Waals surface area contributed by atoms with Crippen LogP contribution >= 0.6 is 12.4 Å². The molecule has 0 spiro atoms. The molecule has 0 aliphatic rings. The number of Topliss-reactive ketones (excluding diaryl/α,β-unsaturated/α-hetero) is 1. The van der Waals surface area contributed by atoms with Crippen molar-refractivity contribution < 1.29 is 4.79 Å². The van der Waals surface area contributed by atoms with Crippen molar-refractivity contribution in [3.63, 3.8) is 0 Å². The molecule has 0 radical (unpaired) electrons. The number of aryl methyl sites for hydroxylation is 1. The molecule has 1 aromatic carbocycles. The number of hydrogen-bond acceptors (Lipinski definition) is 2. The van der Waals surface area contributed by atoms with Crippen LogP contribution in [-0.4, -0.2) is 15.3 Å². The Balaban J connectivity index is 0.00000128. The Labute approximate surface area is 101 Å². The number of halogens is 1. The van der Waals surface area contributed by atoms with Gasteiger partial charge in [-0.2, -0.15) is 0 Å². The Bertz CT molecular complexity index is 466. The zero-order chi connectivity index (χ0) is 10.7. The van der Waals surface area contributed by atoms with Crippen LogP contribution in [0, 0.1) is 6.92 Å². The van der Waals surface area contributed by atoms with E-state index in [0.717, 1.165) is 11.1 Å². The average Bonchev–Trinajstić information content (AvgIpc) is 2.71. The van der Waals surface area contributed by atoms with Gasteiger partial charge in [0.15, 0.2) is 5.78 Å². The van der Waals surface area contributed by atoms with Gasteiger partial charge in [-0.1, -0.05) is 24.3 Å². The van der Waals surface area contributed by atoms with Gasteiger partial charge in [0.05, 0.1) is 12.9 Å². The van der Waals surface area contributed by atoms with E-state index in [1.807, 2.05) is 31.2 Å². The second-order valence-corrected chi connectivity index (χ2v) is 3.47. The summed E-state index contributed by atoms with van der Waals surface area (Å²) in [4.78, 5) is 15.8. The quantitative estimate of drug-likeness (QED) is 0.768. The predicted molar refractivity (Wildman–Crippen MR) is 65.0 cm³/mol. The molecule has 0 saturated heterocycles. The van der Waals surface area contributed by atoms with Crippen molar-refractivity contribution in [1.29, 1.82) is 0 Å². The Hall–Kier alpha value is -1.61. The molecule has 1 aromatic heterocycles. The van der Waals surface area contributed by atoms with Gasteiger partial charge in [-0.15, -0.1) is 12.4 Å². The third-order valence-corrected chi connectivity index (χ3v) is 2.33. The van der Waals surface area contributed by atoms with Gasteiger partial charge in [-0.25, -0.2) is 4.98 Å². The van der Waals surface area contributed by atoms with E-state index >= 15 is 0 Å². The van der Waals surface area contributed by atoms with E-state index in [2.05, 4.69) is 4.98 Å². The second-order valence-electron chi connectivity index (χ2n) is 3.47. The standard InChI is InChI=1S/C12H12N2O.ClH/c1-10-4-2-3-5-11(10)12(15)8-14-7-6-13-9-14;/h2-7,9H,8H2,1H3;1H. The molecule has 0 unspecified atom stereocenters. The van der Waals surface area contributed by atoms with E-state index in [4.69, 9.17) is 0 Å². The maximum atomic E-state index is 11.9. The molecule has 3 nitrogen and oxygen atoms in total. The fourth-order valence-electron chi connectivity index (χ4n) is 1.52. The van der Waals surface area contributed by atoms with Gasteiger partial charge in [0.25, 0.3) is 0 Å². The van der Waals surface area contributed by atoms with Gasteiger partial charge in [-0.3, -0.25) is 4.79 Å². The Morgan fingerprint density at radius 3 is 2.75 bits per heavy atom. The normalized spacial score (nSPS) is 9.56. The third-order valence-electron chi connectivity index (χ3n) is 2.33. The second kappa shape index (κ2) is 5.47. The van der Waals surface area contributed by atoms with Gasteiger partial charge >= 0.3 is 0 Å². The molecule has 16 heavy (non-hydrogen) atoms. The summed E-state index contributed by atoms with van der Waals surface area (Å²) in [6, 6.07) is 7.62. The number of rotatable bonds is 3. The SMILES string of the molecule is Cc1ccccc1C(=O)Cn1ccnc1.Cl. The van der Waals surface area contributed by atoms with Crippen LogP contribution in [0.5, 0.6) is 0 Å². The molecule has 2 aromatic rings. The molecule has 1 heterocycles. The summed E-state index contributed by atoms with van der Waals surface area (Å²) in [5.41, 5.74) is 1.80. The zero-order valence-corrected chi connectivity index (χ0v) is 9.78. The fraction of sp³-hybridized carbons (Fsp3) is 0.167. The van der Waals surface area contributed by atoms with Gasteiger partial charge in [0.2, 0.25) is 0 Å². The van der Waals surface area contributed by atoms with E-state index in [1.165, 1.54) is 0 Å². The molecular formula is C12H13ClN2O. The van der Waals surface area contributed by atoms with E-state index in [9.17, 15) is 4.79 Å². The summed E-state index contributed by atoms with van der Waals surface area (Å²) >= 11 is 0. The highest BCUT2D eigenvalue weighted by Gasteiger charge is 2.08. The van der Waals surface area contributed by atoms with Crippen LogP contribution < -0.4 is 0 Å². The first-order valence-electron chi connectivity index (χ1n) is 4.82. The van der Waals surface area contributed by atoms with Gasteiger partial charge in [-0.05, 0) is 12.5 Å². The Kier molecular flexibility index (Phi) is 4.26. The van der Waals surface area contributed by atoms with Crippen LogP contribution in [0.3, 0.4) is 0 Å². The maximum Gasteiger partial charge on any atom is 0.182 e. The zero-order valence-electron chi connectivity index (χ0n) is 8.96. The van der Waals surface area contributed by atoms with Gasteiger partial charge in [0, 0.05) is 18.0 Å². The lowest BCUT2D eigenvalue weighted by atomic mass is 10.1. The first-order chi connectivity index (χ1) is 7.27. The number of ketones is 1. The van der Waals surface area contributed by atoms with E-state index in [0.29, 0.717) is 6.54 Å². The lowest BCUT2D eigenvalue weighted by Crippen LogP contribution is -2.10. The van der Waals surface area contributed by atoms with Crippen molar-refractivity contribution in [3.05, 3.63) is 54.1 Å². The number of carbonyl (C=O) groups is 1.